The first-order chi connectivity index (χ1) is 19.2. The molecule has 3 heterocycles. The standard InChI is InChI=1S/C33H18ClN3O2/c34-20-16-17-23-28(18-20)38-27-15-7-12-24(29(23)27)32-35-31(19-8-2-1-3-9-19)36-33(37-32)25-13-6-11-22-21-10-4-5-14-26(21)39-30(22)25/h1-18H. The van der Waals surface area contributed by atoms with Gasteiger partial charge in [-0.15, -0.1) is 0 Å². The first-order valence-corrected chi connectivity index (χ1v) is 12.9. The van der Waals surface area contributed by atoms with Crippen molar-refractivity contribution in [2.24, 2.45) is 0 Å². The Kier molecular flexibility index (Phi) is 4.81. The number of benzene rings is 5. The van der Waals surface area contributed by atoms with E-state index in [2.05, 4.69) is 12.1 Å². The van der Waals surface area contributed by atoms with Crippen LogP contribution in [0.4, 0.5) is 0 Å². The summed E-state index contributed by atoms with van der Waals surface area (Å²) in [5.41, 5.74) is 5.59. The van der Waals surface area contributed by atoms with Crippen LogP contribution in [0, 0.1) is 0 Å². The molecule has 39 heavy (non-hydrogen) atoms. The number of fused-ring (bicyclic) bond motifs is 6. The van der Waals surface area contributed by atoms with Crippen molar-refractivity contribution >= 4 is 55.5 Å². The van der Waals surface area contributed by atoms with Gasteiger partial charge in [0.25, 0.3) is 0 Å². The highest BCUT2D eigenvalue weighted by molar-refractivity contribution is 6.31. The summed E-state index contributed by atoms with van der Waals surface area (Å²) in [6.45, 7) is 0. The Morgan fingerprint density at radius 2 is 1.18 bits per heavy atom. The Hall–Kier alpha value is -5.00. The number of rotatable bonds is 3. The fourth-order valence-corrected chi connectivity index (χ4v) is 5.40. The maximum atomic E-state index is 6.33. The minimum absolute atomic E-state index is 0.538. The summed E-state index contributed by atoms with van der Waals surface area (Å²) in [4.78, 5) is 14.9. The van der Waals surface area contributed by atoms with Crippen LogP contribution in [-0.2, 0) is 0 Å². The topological polar surface area (TPSA) is 65.0 Å². The van der Waals surface area contributed by atoms with Crippen LogP contribution in [0.25, 0.3) is 78.0 Å². The van der Waals surface area contributed by atoms with E-state index in [9.17, 15) is 0 Å². The lowest BCUT2D eigenvalue weighted by atomic mass is 10.0. The van der Waals surface area contributed by atoms with E-state index in [0.717, 1.165) is 60.6 Å². The lowest BCUT2D eigenvalue weighted by molar-refractivity contribution is 0.668. The monoisotopic (exact) mass is 523 g/mol. The molecule has 8 rings (SSSR count). The number of para-hydroxylation sites is 2. The van der Waals surface area contributed by atoms with Crippen LogP contribution in [0.15, 0.2) is 118 Å². The molecule has 0 atom stereocenters. The Morgan fingerprint density at radius 1 is 0.487 bits per heavy atom. The third-order valence-corrected chi connectivity index (χ3v) is 7.25. The molecule has 0 fully saturated rings. The summed E-state index contributed by atoms with van der Waals surface area (Å²) in [6, 6.07) is 35.6. The van der Waals surface area contributed by atoms with Crippen molar-refractivity contribution in [2.75, 3.05) is 0 Å². The van der Waals surface area contributed by atoms with Gasteiger partial charge in [-0.3, -0.25) is 0 Å². The quantitative estimate of drug-likeness (QED) is 0.231. The molecule has 0 bridgehead atoms. The Bertz CT molecular complexity index is 2200. The molecule has 0 N–H and O–H groups in total. The third kappa shape index (κ3) is 3.51. The smallest absolute Gasteiger partial charge is 0.167 e. The van der Waals surface area contributed by atoms with Crippen LogP contribution in [0.2, 0.25) is 5.02 Å². The molecule has 3 aromatic heterocycles. The van der Waals surface area contributed by atoms with Crippen molar-refractivity contribution in [3.8, 4) is 34.2 Å². The fraction of sp³-hybridized carbons (Fsp3) is 0. The van der Waals surface area contributed by atoms with Gasteiger partial charge in [-0.05, 0) is 30.3 Å². The van der Waals surface area contributed by atoms with Gasteiger partial charge < -0.3 is 8.83 Å². The molecular weight excluding hydrogens is 506 g/mol. The average Bonchev–Trinajstić information content (AvgIpc) is 3.55. The Labute approximate surface area is 227 Å². The summed E-state index contributed by atoms with van der Waals surface area (Å²) in [7, 11) is 0. The van der Waals surface area contributed by atoms with Gasteiger partial charge in [0.2, 0.25) is 0 Å². The van der Waals surface area contributed by atoms with Crippen LogP contribution in [-0.4, -0.2) is 15.0 Å². The van der Waals surface area contributed by atoms with Crippen LogP contribution in [0.5, 0.6) is 0 Å². The summed E-state index contributed by atoms with van der Waals surface area (Å²) >= 11 is 6.26. The lowest BCUT2D eigenvalue weighted by Gasteiger charge is -2.09. The van der Waals surface area contributed by atoms with Crippen LogP contribution in [0.3, 0.4) is 0 Å². The van der Waals surface area contributed by atoms with E-state index in [1.165, 1.54) is 0 Å². The predicted octanol–water partition coefficient (Wildman–Crippen LogP) is 9.32. The number of furan rings is 2. The highest BCUT2D eigenvalue weighted by atomic mass is 35.5. The van der Waals surface area contributed by atoms with Gasteiger partial charge in [0.05, 0.1) is 5.56 Å². The number of nitrogens with zero attached hydrogens (tertiary/aromatic N) is 3. The van der Waals surface area contributed by atoms with Crippen molar-refractivity contribution in [1.82, 2.24) is 15.0 Å². The van der Waals surface area contributed by atoms with E-state index in [0.29, 0.717) is 22.5 Å². The summed E-state index contributed by atoms with van der Waals surface area (Å²) < 4.78 is 12.5. The molecule has 0 aliphatic carbocycles. The van der Waals surface area contributed by atoms with Gasteiger partial charge in [0, 0.05) is 43.8 Å². The maximum Gasteiger partial charge on any atom is 0.167 e. The van der Waals surface area contributed by atoms with Gasteiger partial charge in [0.15, 0.2) is 17.5 Å². The molecule has 0 unspecified atom stereocenters. The highest BCUT2D eigenvalue weighted by Crippen LogP contribution is 2.39. The molecule has 5 aromatic carbocycles. The zero-order chi connectivity index (χ0) is 25.9. The number of aromatic nitrogens is 3. The first kappa shape index (κ1) is 22.0. The fourth-order valence-electron chi connectivity index (χ4n) is 5.24. The minimum Gasteiger partial charge on any atom is -0.456 e. The molecule has 6 heteroatoms. The molecule has 8 aromatic rings. The summed E-state index contributed by atoms with van der Waals surface area (Å²) in [5, 5.41) is 4.58. The van der Waals surface area contributed by atoms with Crippen molar-refractivity contribution in [1.29, 1.82) is 0 Å². The number of hydrogen-bond donors (Lipinski definition) is 0. The Morgan fingerprint density at radius 3 is 2.08 bits per heavy atom. The SMILES string of the molecule is Clc1ccc2c(c1)oc1cccc(-c3nc(-c4ccccc4)nc(-c4cccc5c4oc4ccccc45)n3)c12. The van der Waals surface area contributed by atoms with Crippen molar-refractivity contribution < 1.29 is 8.83 Å². The van der Waals surface area contributed by atoms with Crippen LogP contribution < -0.4 is 0 Å². The zero-order valence-electron chi connectivity index (χ0n) is 20.4. The van der Waals surface area contributed by atoms with Gasteiger partial charge >= 0.3 is 0 Å². The van der Waals surface area contributed by atoms with E-state index in [4.69, 9.17) is 35.4 Å². The summed E-state index contributed by atoms with van der Waals surface area (Å²) in [6.07, 6.45) is 0. The minimum atomic E-state index is 0.538. The van der Waals surface area contributed by atoms with E-state index < -0.39 is 0 Å². The van der Waals surface area contributed by atoms with E-state index in [-0.39, 0.29) is 0 Å². The second-order valence-electron chi connectivity index (χ2n) is 9.37. The van der Waals surface area contributed by atoms with E-state index in [1.54, 1.807) is 0 Å². The number of hydrogen-bond acceptors (Lipinski definition) is 5. The predicted molar refractivity (Wildman–Crippen MR) is 156 cm³/mol. The molecule has 0 spiro atoms. The summed E-state index contributed by atoms with van der Waals surface area (Å²) in [5.74, 6) is 1.67. The molecule has 5 nitrogen and oxygen atoms in total. The van der Waals surface area contributed by atoms with Crippen molar-refractivity contribution in [3.63, 3.8) is 0 Å². The normalized spacial score (nSPS) is 11.7. The van der Waals surface area contributed by atoms with Crippen molar-refractivity contribution in [3.05, 3.63) is 114 Å². The van der Waals surface area contributed by atoms with Gasteiger partial charge in [-0.1, -0.05) is 84.4 Å². The highest BCUT2D eigenvalue weighted by Gasteiger charge is 2.20. The molecule has 0 saturated carbocycles. The number of halogens is 1. The average molecular weight is 524 g/mol. The molecule has 0 amide bonds. The lowest BCUT2D eigenvalue weighted by Crippen LogP contribution is -2.00. The molecular formula is C33H18ClN3O2. The van der Waals surface area contributed by atoms with Gasteiger partial charge in [-0.25, -0.2) is 15.0 Å². The first-order valence-electron chi connectivity index (χ1n) is 12.6. The van der Waals surface area contributed by atoms with Gasteiger partial charge in [0.1, 0.15) is 22.3 Å². The van der Waals surface area contributed by atoms with Crippen molar-refractivity contribution in [2.45, 2.75) is 0 Å². The maximum absolute atomic E-state index is 6.33. The van der Waals surface area contributed by atoms with E-state index in [1.807, 2.05) is 97.1 Å². The second-order valence-corrected chi connectivity index (χ2v) is 9.81. The largest absolute Gasteiger partial charge is 0.456 e. The van der Waals surface area contributed by atoms with Crippen LogP contribution in [0.1, 0.15) is 0 Å². The molecule has 0 aliphatic heterocycles. The Balaban J connectivity index is 1.44. The zero-order valence-corrected chi connectivity index (χ0v) is 21.2. The molecule has 0 radical (unpaired) electrons. The molecule has 184 valence electrons. The third-order valence-electron chi connectivity index (χ3n) is 7.01. The van der Waals surface area contributed by atoms with Gasteiger partial charge in [-0.2, -0.15) is 0 Å². The van der Waals surface area contributed by atoms with E-state index >= 15 is 0 Å². The molecule has 0 aliphatic rings. The second kappa shape index (κ2) is 8.51. The van der Waals surface area contributed by atoms with Crippen LogP contribution >= 0.6 is 11.6 Å². The molecule has 0 saturated heterocycles.